The first kappa shape index (κ1) is 67.0. The molecule has 0 atom stereocenters. The summed E-state index contributed by atoms with van der Waals surface area (Å²) in [5, 5.41) is 0. The maximum absolute atomic E-state index is 11.7. The minimum atomic E-state index is 0. The zero-order valence-corrected chi connectivity index (χ0v) is 47.9. The SMILES string of the molecule is CCCCC1=C(c2cccc(CCCC)c2)[N+](=[N-])C(c2cccc(CCCC)c2)=C1CCCC.[CH2-]CCCCCCCCCCCCCCCC.[CH2-]CCCCCCCCCCCCCCCC.[Ni+2]. The second-order valence-electron chi connectivity index (χ2n) is 20.7. The molecule has 0 unspecified atom stereocenters. The van der Waals surface area contributed by atoms with Crippen LogP contribution in [0.25, 0.3) is 16.9 Å². The van der Waals surface area contributed by atoms with Crippen molar-refractivity contribution in [1.82, 2.24) is 0 Å². The van der Waals surface area contributed by atoms with Gasteiger partial charge in [-0.3, -0.25) is 0 Å². The third-order valence-electron chi connectivity index (χ3n) is 14.2. The quantitative estimate of drug-likeness (QED) is 0.0274. The normalized spacial score (nSPS) is 12.3. The second kappa shape index (κ2) is 49.6. The van der Waals surface area contributed by atoms with Crippen molar-refractivity contribution in [2.45, 2.75) is 311 Å². The van der Waals surface area contributed by atoms with Gasteiger partial charge in [-0.05, 0) is 86.8 Å². The summed E-state index contributed by atoms with van der Waals surface area (Å²) in [5.74, 6) is 0. The monoisotopic (exact) mass is 993 g/mol. The summed E-state index contributed by atoms with van der Waals surface area (Å²) in [6, 6.07) is 17.7. The maximum atomic E-state index is 11.7. The fourth-order valence-electron chi connectivity index (χ4n) is 9.74. The van der Waals surface area contributed by atoms with Crippen LogP contribution in [0.1, 0.15) is 321 Å². The summed E-state index contributed by atoms with van der Waals surface area (Å²) < 4.78 is 1.54. The summed E-state index contributed by atoms with van der Waals surface area (Å²) >= 11 is 0. The van der Waals surface area contributed by atoms with Gasteiger partial charge < -0.3 is 19.4 Å². The molecule has 0 aromatic heterocycles. The Hall–Kier alpha value is -1.99. The number of nitrogens with zero attached hydrogens (tertiary/aromatic N) is 2. The van der Waals surface area contributed by atoms with Crippen molar-refractivity contribution in [2.75, 3.05) is 0 Å². The van der Waals surface area contributed by atoms with Crippen LogP contribution in [0.3, 0.4) is 0 Å². The molecule has 0 spiro atoms. The number of unbranched alkanes of at least 4 members (excludes halogenated alkanes) is 32. The predicted octanol–water partition coefficient (Wildman–Crippen LogP) is 23.3. The van der Waals surface area contributed by atoms with Crippen molar-refractivity contribution in [3.8, 4) is 0 Å². The van der Waals surface area contributed by atoms with E-state index in [4.69, 9.17) is 0 Å². The first-order chi connectivity index (χ1) is 33.5. The second-order valence-corrected chi connectivity index (χ2v) is 20.7. The van der Waals surface area contributed by atoms with E-state index in [9.17, 15) is 5.53 Å². The van der Waals surface area contributed by atoms with Crippen LogP contribution in [0.4, 0.5) is 0 Å². The Morgan fingerprint density at radius 1 is 0.333 bits per heavy atom. The van der Waals surface area contributed by atoms with Crippen LogP contribution < -0.4 is 0 Å². The molecule has 2 aromatic carbocycles. The van der Waals surface area contributed by atoms with E-state index in [0.29, 0.717) is 0 Å². The molecular formula is C66H114N2Ni. The van der Waals surface area contributed by atoms with Gasteiger partial charge in [0.1, 0.15) is 0 Å². The fraction of sp³-hybridized carbons (Fsp3) is 0.727. The minimum absolute atomic E-state index is 0. The Morgan fingerprint density at radius 3 is 0.841 bits per heavy atom. The molecule has 0 aliphatic carbocycles. The number of rotatable bonds is 42. The van der Waals surface area contributed by atoms with E-state index in [0.717, 1.165) is 86.7 Å². The molecule has 0 radical (unpaired) electrons. The smallest absolute Gasteiger partial charge is 0.493 e. The minimum Gasteiger partial charge on any atom is -0.493 e. The van der Waals surface area contributed by atoms with Gasteiger partial charge in [0.05, 0.1) is 0 Å². The molecular weight excluding hydrogens is 879 g/mol. The number of hydrogen-bond donors (Lipinski definition) is 0. The van der Waals surface area contributed by atoms with E-state index < -0.39 is 0 Å². The van der Waals surface area contributed by atoms with Gasteiger partial charge in [0.25, 0.3) is 0 Å². The van der Waals surface area contributed by atoms with Crippen molar-refractivity contribution in [2.24, 2.45) is 0 Å². The van der Waals surface area contributed by atoms with E-state index in [-0.39, 0.29) is 16.5 Å². The van der Waals surface area contributed by atoms with E-state index in [1.54, 1.807) is 0 Å². The third kappa shape index (κ3) is 33.4. The molecule has 1 heterocycles. The molecule has 398 valence electrons. The molecule has 2 nitrogen and oxygen atoms in total. The molecule has 0 saturated heterocycles. The van der Waals surface area contributed by atoms with Gasteiger partial charge in [0, 0.05) is 22.3 Å². The molecule has 3 heteroatoms. The topological polar surface area (TPSA) is 25.3 Å². The molecule has 3 rings (SSSR count). The molecule has 2 aromatic rings. The van der Waals surface area contributed by atoms with E-state index in [2.05, 4.69) is 104 Å². The van der Waals surface area contributed by atoms with Crippen molar-refractivity contribution >= 4 is 11.4 Å². The first-order valence-corrected chi connectivity index (χ1v) is 30.2. The summed E-state index contributed by atoms with van der Waals surface area (Å²) in [7, 11) is 0. The Morgan fingerprint density at radius 2 is 0.580 bits per heavy atom. The molecule has 0 bridgehead atoms. The van der Waals surface area contributed by atoms with Crippen LogP contribution in [0.5, 0.6) is 0 Å². The summed E-state index contributed by atoms with van der Waals surface area (Å²) in [5.41, 5.74) is 21.5. The van der Waals surface area contributed by atoms with Gasteiger partial charge in [-0.1, -0.05) is 271 Å². The Balaban J connectivity index is 0.00000112. The average Bonchev–Trinajstić information content (AvgIpc) is 3.64. The summed E-state index contributed by atoms with van der Waals surface area (Å²) in [6.45, 7) is 21.3. The Kier molecular flexibility index (Phi) is 48.2. The predicted molar refractivity (Wildman–Crippen MR) is 307 cm³/mol. The van der Waals surface area contributed by atoms with E-state index >= 15 is 0 Å². The Labute approximate surface area is 442 Å². The van der Waals surface area contributed by atoms with Gasteiger partial charge >= 0.3 is 16.5 Å². The maximum Gasteiger partial charge on any atom is 2.00 e. The standard InChI is InChI=1S/C32H44N2.2C17H35.Ni/c1-5-9-15-25-17-13-19-27(23-25)31-29(21-11-7-3)30(22-12-8-4)32(34(31)33)28-20-14-18-26(24-28)16-10-6-2;2*1-3-5-7-9-11-13-15-17-16-14-12-10-8-6-4-2;/h13-14,17-20,23-24H,5-12,15-16,21-22H2,1-4H3;2*1,3-17H2,2H3;/q;2*-1;+2. The molecule has 0 amide bonds. The van der Waals surface area contributed by atoms with Crippen LogP contribution in [0.2, 0.25) is 0 Å². The zero-order chi connectivity index (χ0) is 49.6. The third-order valence-corrected chi connectivity index (χ3v) is 14.2. The van der Waals surface area contributed by atoms with Crippen LogP contribution >= 0.6 is 0 Å². The molecule has 0 N–H and O–H groups in total. The average molecular weight is 994 g/mol. The van der Waals surface area contributed by atoms with Crippen LogP contribution in [0, 0.1) is 13.8 Å². The van der Waals surface area contributed by atoms with Crippen LogP contribution in [0.15, 0.2) is 59.7 Å². The van der Waals surface area contributed by atoms with Gasteiger partial charge in [-0.15, -0.1) is 0 Å². The van der Waals surface area contributed by atoms with Crippen molar-refractivity contribution in [3.05, 3.63) is 101 Å². The zero-order valence-electron chi connectivity index (χ0n) is 46.9. The summed E-state index contributed by atoms with van der Waals surface area (Å²) in [6.07, 6.45) is 56.3. The summed E-state index contributed by atoms with van der Waals surface area (Å²) in [4.78, 5) is 0. The van der Waals surface area contributed by atoms with Gasteiger partial charge in [-0.25, -0.2) is 4.70 Å². The largest absolute Gasteiger partial charge is 2.00 e. The molecule has 0 saturated carbocycles. The van der Waals surface area contributed by atoms with Gasteiger partial charge in [0.15, 0.2) is 0 Å². The van der Waals surface area contributed by atoms with Crippen LogP contribution in [-0.2, 0) is 29.3 Å². The first-order valence-electron chi connectivity index (χ1n) is 30.2. The number of aryl methyl sites for hydroxylation is 2. The van der Waals surface area contributed by atoms with Gasteiger partial charge in [0.2, 0.25) is 11.4 Å². The van der Waals surface area contributed by atoms with Crippen molar-refractivity contribution in [3.63, 3.8) is 0 Å². The fourth-order valence-corrected chi connectivity index (χ4v) is 9.74. The van der Waals surface area contributed by atoms with Gasteiger partial charge in [-0.2, -0.15) is 12.8 Å². The molecule has 1 aliphatic heterocycles. The van der Waals surface area contributed by atoms with Crippen molar-refractivity contribution < 1.29 is 21.2 Å². The number of hydrogen-bond acceptors (Lipinski definition) is 0. The Bertz CT molecular complexity index is 1380. The van der Waals surface area contributed by atoms with Crippen molar-refractivity contribution in [1.29, 1.82) is 0 Å². The number of benzene rings is 2. The van der Waals surface area contributed by atoms with E-state index in [1.165, 1.54) is 232 Å². The van der Waals surface area contributed by atoms with E-state index in [1.807, 2.05) is 0 Å². The molecule has 0 fully saturated rings. The molecule has 1 aliphatic rings. The number of allylic oxidation sites excluding steroid dienone is 2. The van der Waals surface area contributed by atoms with Crippen LogP contribution in [-0.4, -0.2) is 4.70 Å². The molecule has 69 heavy (non-hydrogen) atoms.